The highest BCUT2D eigenvalue weighted by atomic mass is 19.4. The van der Waals surface area contributed by atoms with Crippen molar-refractivity contribution < 1.29 is 30.7 Å². The minimum Gasteiger partial charge on any atom is -0.204 e. The number of rotatable bonds is 1. The predicted octanol–water partition coefficient (Wildman–Crippen LogP) is 3.35. The van der Waals surface area contributed by atoms with Crippen molar-refractivity contribution in [2.45, 2.75) is 12.6 Å². The smallest absolute Gasteiger partial charge is 0.204 e. The molecule has 1 rings (SSSR count). The maximum Gasteiger partial charge on any atom is 0.393 e. The van der Waals surface area contributed by atoms with Crippen LogP contribution >= 0.6 is 0 Å². The van der Waals surface area contributed by atoms with Crippen molar-refractivity contribution in [3.63, 3.8) is 0 Å². The SMILES string of the molecule is Fc1cc(CC(F)(F)F)c(F)c(F)c1F. The first-order valence-electron chi connectivity index (χ1n) is 3.61. The van der Waals surface area contributed by atoms with Gasteiger partial charge in [0.2, 0.25) is 0 Å². The molecule has 15 heavy (non-hydrogen) atoms. The van der Waals surface area contributed by atoms with Crippen molar-refractivity contribution in [2.75, 3.05) is 0 Å². The lowest BCUT2D eigenvalue weighted by atomic mass is 10.1. The van der Waals surface area contributed by atoms with Crippen LogP contribution in [0.4, 0.5) is 30.7 Å². The van der Waals surface area contributed by atoms with Crippen molar-refractivity contribution in [2.24, 2.45) is 0 Å². The normalized spacial score (nSPS) is 11.9. The molecule has 0 amide bonds. The van der Waals surface area contributed by atoms with Crippen LogP contribution in [0.1, 0.15) is 5.56 Å². The largest absolute Gasteiger partial charge is 0.393 e. The van der Waals surface area contributed by atoms with E-state index >= 15 is 0 Å². The molecule has 0 bridgehead atoms. The van der Waals surface area contributed by atoms with Gasteiger partial charge in [0.1, 0.15) is 0 Å². The van der Waals surface area contributed by atoms with E-state index in [0.29, 0.717) is 0 Å². The summed E-state index contributed by atoms with van der Waals surface area (Å²) >= 11 is 0. The van der Waals surface area contributed by atoms with E-state index in [1.165, 1.54) is 0 Å². The van der Waals surface area contributed by atoms with Crippen molar-refractivity contribution in [1.82, 2.24) is 0 Å². The van der Waals surface area contributed by atoms with E-state index < -0.39 is 41.4 Å². The fourth-order valence-electron chi connectivity index (χ4n) is 0.966. The Kier molecular flexibility index (Phi) is 2.92. The average Bonchev–Trinajstić information content (AvgIpc) is 2.08. The molecule has 0 spiro atoms. The molecule has 0 fully saturated rings. The molecule has 0 radical (unpaired) electrons. The van der Waals surface area contributed by atoms with E-state index in [0.717, 1.165) is 0 Å². The molecule has 0 aliphatic rings. The highest BCUT2D eigenvalue weighted by molar-refractivity contribution is 5.22. The second kappa shape index (κ2) is 3.71. The minimum absolute atomic E-state index is 0.0127. The van der Waals surface area contributed by atoms with E-state index in [4.69, 9.17) is 0 Å². The molecule has 1 aromatic carbocycles. The molecular weight excluding hydrogens is 229 g/mol. The Labute approximate surface area is 79.3 Å². The second-order valence-corrected chi connectivity index (χ2v) is 2.75. The Balaban J connectivity index is 3.21. The van der Waals surface area contributed by atoms with E-state index in [1.54, 1.807) is 0 Å². The molecule has 0 heterocycles. The molecule has 0 saturated heterocycles. The van der Waals surface area contributed by atoms with Gasteiger partial charge in [0.05, 0.1) is 6.42 Å². The van der Waals surface area contributed by atoms with Gasteiger partial charge in [-0.15, -0.1) is 0 Å². The summed E-state index contributed by atoms with van der Waals surface area (Å²) in [6, 6.07) is -0.0127. The van der Waals surface area contributed by atoms with Crippen LogP contribution in [0, 0.1) is 23.3 Å². The Morgan fingerprint density at radius 3 is 1.87 bits per heavy atom. The summed E-state index contributed by atoms with van der Waals surface area (Å²) in [7, 11) is 0. The van der Waals surface area contributed by atoms with Gasteiger partial charge in [-0.3, -0.25) is 0 Å². The molecule has 0 atom stereocenters. The van der Waals surface area contributed by atoms with Crippen LogP contribution in [0.25, 0.3) is 0 Å². The molecule has 0 aromatic heterocycles. The van der Waals surface area contributed by atoms with Gasteiger partial charge in [0.15, 0.2) is 23.3 Å². The van der Waals surface area contributed by atoms with Gasteiger partial charge >= 0.3 is 6.18 Å². The van der Waals surface area contributed by atoms with E-state index in [2.05, 4.69) is 0 Å². The summed E-state index contributed by atoms with van der Waals surface area (Å²) in [5.41, 5.74) is -1.26. The number of hydrogen-bond donors (Lipinski definition) is 0. The number of hydrogen-bond acceptors (Lipinski definition) is 0. The third-order valence-electron chi connectivity index (χ3n) is 1.57. The zero-order valence-corrected chi connectivity index (χ0v) is 6.93. The first-order chi connectivity index (χ1) is 6.72. The van der Waals surface area contributed by atoms with Crippen molar-refractivity contribution >= 4 is 0 Å². The molecule has 0 saturated carbocycles. The maximum atomic E-state index is 12.7. The van der Waals surface area contributed by atoms with Gasteiger partial charge in [-0.25, -0.2) is 17.6 Å². The molecule has 0 aliphatic carbocycles. The van der Waals surface area contributed by atoms with Gasteiger partial charge in [0, 0.05) is 5.56 Å². The third-order valence-corrected chi connectivity index (χ3v) is 1.57. The lowest BCUT2D eigenvalue weighted by Gasteiger charge is -2.08. The first kappa shape index (κ1) is 11.8. The monoisotopic (exact) mass is 232 g/mol. The van der Waals surface area contributed by atoms with Gasteiger partial charge in [-0.05, 0) is 6.07 Å². The maximum absolute atomic E-state index is 12.7. The fraction of sp³-hybridized carbons (Fsp3) is 0.250. The standard InChI is InChI=1S/C8H3F7/c9-4-1-3(2-8(13,14)15)5(10)7(12)6(4)11/h1H,2H2. The third kappa shape index (κ3) is 2.60. The predicted molar refractivity (Wildman–Crippen MR) is 36.0 cm³/mol. The Morgan fingerprint density at radius 2 is 1.40 bits per heavy atom. The summed E-state index contributed by atoms with van der Waals surface area (Å²) < 4.78 is 85.3. The van der Waals surface area contributed by atoms with E-state index in [1.807, 2.05) is 0 Å². The van der Waals surface area contributed by atoms with Gasteiger partial charge in [-0.1, -0.05) is 0 Å². The lowest BCUT2D eigenvalue weighted by molar-refractivity contribution is -0.127. The van der Waals surface area contributed by atoms with Crippen molar-refractivity contribution in [1.29, 1.82) is 0 Å². The Hall–Kier alpha value is -1.27. The summed E-state index contributed by atoms with van der Waals surface area (Å²) in [5, 5.41) is 0. The summed E-state index contributed by atoms with van der Waals surface area (Å²) in [6.07, 6.45) is -6.68. The topological polar surface area (TPSA) is 0 Å². The van der Waals surface area contributed by atoms with E-state index in [9.17, 15) is 30.7 Å². The molecule has 0 nitrogen and oxygen atoms in total. The van der Waals surface area contributed by atoms with Crippen LogP contribution in [0.2, 0.25) is 0 Å². The first-order valence-corrected chi connectivity index (χ1v) is 3.61. The molecule has 0 unspecified atom stereocenters. The molecule has 0 aliphatic heterocycles. The Bertz CT molecular complexity index is 380. The zero-order valence-electron chi connectivity index (χ0n) is 6.93. The Morgan fingerprint density at radius 1 is 0.867 bits per heavy atom. The lowest BCUT2D eigenvalue weighted by Crippen LogP contribution is -2.14. The molecule has 0 N–H and O–H groups in total. The van der Waals surface area contributed by atoms with Crippen LogP contribution in [-0.4, -0.2) is 6.18 Å². The van der Waals surface area contributed by atoms with Crippen molar-refractivity contribution in [3.05, 3.63) is 34.9 Å². The highest BCUT2D eigenvalue weighted by Gasteiger charge is 2.31. The number of alkyl halides is 3. The second-order valence-electron chi connectivity index (χ2n) is 2.75. The molecule has 84 valence electrons. The van der Waals surface area contributed by atoms with Crippen molar-refractivity contribution in [3.8, 4) is 0 Å². The molecular formula is C8H3F7. The highest BCUT2D eigenvalue weighted by Crippen LogP contribution is 2.26. The summed E-state index contributed by atoms with van der Waals surface area (Å²) in [5.74, 6) is -8.24. The van der Waals surface area contributed by atoms with Crippen LogP contribution < -0.4 is 0 Å². The van der Waals surface area contributed by atoms with Crippen LogP contribution in [-0.2, 0) is 6.42 Å². The minimum atomic E-state index is -4.82. The molecule has 1 aromatic rings. The number of halogens is 7. The van der Waals surface area contributed by atoms with E-state index in [-0.39, 0.29) is 6.07 Å². The fourth-order valence-corrected chi connectivity index (χ4v) is 0.966. The average molecular weight is 232 g/mol. The van der Waals surface area contributed by atoms with Crippen LogP contribution in [0.3, 0.4) is 0 Å². The number of benzene rings is 1. The zero-order chi connectivity index (χ0) is 11.8. The van der Waals surface area contributed by atoms with Crippen LogP contribution in [0.15, 0.2) is 6.07 Å². The van der Waals surface area contributed by atoms with Crippen LogP contribution in [0.5, 0.6) is 0 Å². The van der Waals surface area contributed by atoms with Gasteiger partial charge in [-0.2, -0.15) is 13.2 Å². The van der Waals surface area contributed by atoms with Gasteiger partial charge < -0.3 is 0 Å². The quantitative estimate of drug-likeness (QED) is 0.395. The summed E-state index contributed by atoms with van der Waals surface area (Å²) in [4.78, 5) is 0. The molecule has 7 heteroatoms. The van der Waals surface area contributed by atoms with Gasteiger partial charge in [0.25, 0.3) is 0 Å². The summed E-state index contributed by atoms with van der Waals surface area (Å²) in [6.45, 7) is 0.